The lowest BCUT2D eigenvalue weighted by atomic mass is 10.0. The van der Waals surface area contributed by atoms with Gasteiger partial charge < -0.3 is 4.90 Å². The van der Waals surface area contributed by atoms with Gasteiger partial charge in [0.2, 0.25) is 11.8 Å². The zero-order valence-electron chi connectivity index (χ0n) is 14.9. The fourth-order valence-electron chi connectivity index (χ4n) is 3.38. The third kappa shape index (κ3) is 4.43. The van der Waals surface area contributed by atoms with E-state index in [1.54, 1.807) is 22.7 Å². The van der Waals surface area contributed by atoms with Crippen LogP contribution in [-0.4, -0.2) is 41.0 Å². The highest BCUT2D eigenvalue weighted by molar-refractivity contribution is 7.99. The standard InChI is InChI=1S/C18H21N5O3S/c19-22-20-9-2-1-3-10-27-15-6-4-5-12-13(15)11-23(18(12)26)14-7-8-16(24)21-17(14)25/h4-6,14H,1-3,7-11H2,(H,21,24,25). The van der Waals surface area contributed by atoms with Crippen molar-refractivity contribution < 1.29 is 14.4 Å². The first-order valence-electron chi connectivity index (χ1n) is 9.02. The van der Waals surface area contributed by atoms with Gasteiger partial charge in [0.1, 0.15) is 6.04 Å². The molecule has 0 spiro atoms. The Kier molecular flexibility index (Phi) is 6.36. The van der Waals surface area contributed by atoms with E-state index in [9.17, 15) is 14.4 Å². The van der Waals surface area contributed by atoms with Gasteiger partial charge in [-0.05, 0) is 48.2 Å². The first kappa shape index (κ1) is 19.3. The number of unbranched alkanes of at least 4 members (excludes halogenated alkanes) is 2. The van der Waals surface area contributed by atoms with Gasteiger partial charge >= 0.3 is 0 Å². The van der Waals surface area contributed by atoms with Gasteiger partial charge in [-0.3, -0.25) is 19.7 Å². The molecule has 1 fully saturated rings. The van der Waals surface area contributed by atoms with Crippen molar-refractivity contribution in [3.63, 3.8) is 0 Å². The first-order valence-corrected chi connectivity index (χ1v) is 10.0. The van der Waals surface area contributed by atoms with E-state index in [0.29, 0.717) is 25.1 Å². The maximum absolute atomic E-state index is 12.8. The maximum Gasteiger partial charge on any atom is 0.255 e. The van der Waals surface area contributed by atoms with Crippen LogP contribution in [0.1, 0.15) is 48.0 Å². The molecule has 1 N–H and O–H groups in total. The molecular formula is C18H21N5O3S. The summed E-state index contributed by atoms with van der Waals surface area (Å²) < 4.78 is 0. The zero-order valence-corrected chi connectivity index (χ0v) is 15.7. The van der Waals surface area contributed by atoms with Crippen molar-refractivity contribution in [3.05, 3.63) is 39.8 Å². The quantitative estimate of drug-likeness (QED) is 0.184. The molecule has 0 radical (unpaired) electrons. The Labute approximate surface area is 161 Å². The molecule has 3 rings (SSSR count). The monoisotopic (exact) mass is 387 g/mol. The molecule has 2 aliphatic rings. The van der Waals surface area contributed by atoms with Gasteiger partial charge in [-0.25, -0.2) is 0 Å². The minimum Gasteiger partial charge on any atom is -0.322 e. The van der Waals surface area contributed by atoms with Gasteiger partial charge in [-0.1, -0.05) is 17.6 Å². The van der Waals surface area contributed by atoms with E-state index >= 15 is 0 Å². The molecule has 2 aliphatic heterocycles. The van der Waals surface area contributed by atoms with Gasteiger partial charge in [0.05, 0.1) is 0 Å². The van der Waals surface area contributed by atoms with E-state index in [4.69, 9.17) is 5.53 Å². The summed E-state index contributed by atoms with van der Waals surface area (Å²) in [6.07, 6.45) is 3.49. The summed E-state index contributed by atoms with van der Waals surface area (Å²) >= 11 is 1.70. The Morgan fingerprint density at radius 2 is 2.11 bits per heavy atom. The highest BCUT2D eigenvalue weighted by atomic mass is 32.2. The van der Waals surface area contributed by atoms with Crippen LogP contribution in [0.25, 0.3) is 10.4 Å². The number of carbonyl (C=O) groups is 3. The van der Waals surface area contributed by atoms with Crippen molar-refractivity contribution in [1.29, 1.82) is 0 Å². The SMILES string of the molecule is [N-]=[N+]=NCCCCCSc1cccc2c1CN(C1CCC(=O)NC1=O)C2=O. The number of rotatable bonds is 8. The molecule has 0 aliphatic carbocycles. The molecule has 1 saturated heterocycles. The molecule has 9 heteroatoms. The molecule has 8 nitrogen and oxygen atoms in total. The van der Waals surface area contributed by atoms with Crippen molar-refractivity contribution in [2.45, 2.75) is 49.6 Å². The molecule has 0 bridgehead atoms. The van der Waals surface area contributed by atoms with Crippen molar-refractivity contribution in [1.82, 2.24) is 10.2 Å². The molecule has 27 heavy (non-hydrogen) atoms. The number of thioether (sulfide) groups is 1. The molecule has 0 saturated carbocycles. The van der Waals surface area contributed by atoms with Gasteiger partial charge in [0.25, 0.3) is 5.91 Å². The summed E-state index contributed by atoms with van der Waals surface area (Å²) in [5.41, 5.74) is 9.87. The topological polar surface area (TPSA) is 115 Å². The highest BCUT2D eigenvalue weighted by Gasteiger charge is 2.39. The number of amides is 3. The minimum absolute atomic E-state index is 0.142. The van der Waals surface area contributed by atoms with Crippen molar-refractivity contribution in [2.75, 3.05) is 12.3 Å². The summed E-state index contributed by atoms with van der Waals surface area (Å²) in [6, 6.07) is 5.09. The molecule has 0 aromatic heterocycles. The number of nitrogens with one attached hydrogen (secondary N) is 1. The molecule has 2 heterocycles. The molecule has 1 aromatic rings. The predicted molar refractivity (Wildman–Crippen MR) is 101 cm³/mol. The molecule has 3 amide bonds. The molecule has 1 atom stereocenters. The minimum atomic E-state index is -0.582. The van der Waals surface area contributed by atoms with E-state index in [1.807, 2.05) is 12.1 Å². The Morgan fingerprint density at radius 3 is 2.89 bits per heavy atom. The summed E-state index contributed by atoms with van der Waals surface area (Å²) in [6.45, 7) is 0.928. The molecule has 142 valence electrons. The zero-order chi connectivity index (χ0) is 19.2. The van der Waals surface area contributed by atoms with Gasteiger partial charge in [0, 0.05) is 34.9 Å². The smallest absolute Gasteiger partial charge is 0.255 e. The number of piperidine rings is 1. The maximum atomic E-state index is 12.8. The van der Waals surface area contributed by atoms with Crippen molar-refractivity contribution in [3.8, 4) is 0 Å². The van der Waals surface area contributed by atoms with Gasteiger partial charge in [0.15, 0.2) is 0 Å². The molecule has 1 aromatic carbocycles. The van der Waals surface area contributed by atoms with E-state index in [1.165, 1.54) is 0 Å². The number of imide groups is 1. The van der Waals surface area contributed by atoms with Crippen LogP contribution in [0.15, 0.2) is 28.2 Å². The number of hydrogen-bond donors (Lipinski definition) is 1. The lowest BCUT2D eigenvalue weighted by molar-refractivity contribution is -0.136. The first-order chi connectivity index (χ1) is 13.1. The van der Waals surface area contributed by atoms with Crippen LogP contribution in [0.4, 0.5) is 0 Å². The Morgan fingerprint density at radius 1 is 1.26 bits per heavy atom. The third-order valence-corrected chi connectivity index (χ3v) is 5.95. The second kappa shape index (κ2) is 8.92. The van der Waals surface area contributed by atoms with E-state index in [2.05, 4.69) is 15.3 Å². The van der Waals surface area contributed by atoms with Crippen LogP contribution in [0.2, 0.25) is 0 Å². The molecule has 1 unspecified atom stereocenters. The number of fused-ring (bicyclic) bond motifs is 1. The second-order valence-corrected chi connectivity index (χ2v) is 7.68. The number of hydrogen-bond acceptors (Lipinski definition) is 5. The normalized spacial score (nSPS) is 18.9. The Bertz CT molecular complexity index is 806. The van der Waals surface area contributed by atoms with Crippen LogP contribution in [0.3, 0.4) is 0 Å². The predicted octanol–water partition coefficient (Wildman–Crippen LogP) is 3.02. The van der Waals surface area contributed by atoms with Crippen molar-refractivity contribution >= 4 is 29.5 Å². The van der Waals surface area contributed by atoms with Gasteiger partial charge in [-0.15, -0.1) is 11.8 Å². The fraction of sp³-hybridized carbons (Fsp3) is 0.500. The summed E-state index contributed by atoms with van der Waals surface area (Å²) in [5.74, 6) is 0.106. The van der Waals surface area contributed by atoms with Crippen LogP contribution < -0.4 is 5.32 Å². The lowest BCUT2D eigenvalue weighted by Gasteiger charge is -2.29. The lowest BCUT2D eigenvalue weighted by Crippen LogP contribution is -2.52. The van der Waals surface area contributed by atoms with Crippen LogP contribution >= 0.6 is 11.8 Å². The highest BCUT2D eigenvalue weighted by Crippen LogP contribution is 2.34. The van der Waals surface area contributed by atoms with Gasteiger partial charge in [-0.2, -0.15) is 0 Å². The van der Waals surface area contributed by atoms with Crippen LogP contribution in [-0.2, 0) is 16.1 Å². The summed E-state index contributed by atoms with van der Waals surface area (Å²) in [4.78, 5) is 41.6. The van der Waals surface area contributed by atoms with Crippen LogP contribution in [0.5, 0.6) is 0 Å². The fourth-order valence-corrected chi connectivity index (χ4v) is 4.47. The second-order valence-electron chi connectivity index (χ2n) is 6.55. The summed E-state index contributed by atoms with van der Waals surface area (Å²) in [5, 5.41) is 5.85. The van der Waals surface area contributed by atoms with E-state index < -0.39 is 6.04 Å². The number of azide groups is 1. The van der Waals surface area contributed by atoms with E-state index in [-0.39, 0.29) is 24.1 Å². The van der Waals surface area contributed by atoms with Crippen molar-refractivity contribution in [2.24, 2.45) is 5.11 Å². The third-order valence-electron chi connectivity index (χ3n) is 4.76. The Hall–Kier alpha value is -2.51. The molecular weight excluding hydrogens is 366 g/mol. The van der Waals surface area contributed by atoms with Crippen LogP contribution in [0, 0.1) is 0 Å². The largest absolute Gasteiger partial charge is 0.322 e. The average Bonchev–Trinajstić information content (AvgIpc) is 2.98. The van der Waals surface area contributed by atoms with E-state index in [0.717, 1.165) is 35.5 Å². The average molecular weight is 387 g/mol. The number of carbonyl (C=O) groups excluding carboxylic acids is 3. The summed E-state index contributed by atoms with van der Waals surface area (Å²) in [7, 11) is 0. The Balaban J connectivity index is 1.61. The number of benzene rings is 1. The number of nitrogens with zero attached hydrogens (tertiary/aromatic N) is 4.